The van der Waals surface area contributed by atoms with E-state index in [-0.39, 0.29) is 12.4 Å². The Hall–Kier alpha value is -2.32. The van der Waals surface area contributed by atoms with E-state index in [1.54, 1.807) is 12.7 Å². The molecular weight excluding hydrogens is 354 g/mol. The van der Waals surface area contributed by atoms with Gasteiger partial charge in [0.2, 0.25) is 0 Å². The summed E-state index contributed by atoms with van der Waals surface area (Å²) in [6, 6.07) is 0. The first-order valence-corrected chi connectivity index (χ1v) is 8.62. The maximum Gasteiger partial charge on any atom is 0.158 e. The van der Waals surface area contributed by atoms with E-state index >= 15 is 0 Å². The zero-order chi connectivity index (χ0) is 16.8. The van der Waals surface area contributed by atoms with E-state index < -0.39 is 0 Å². The molecule has 0 N–H and O–H groups in total. The minimum atomic E-state index is 0. The summed E-state index contributed by atoms with van der Waals surface area (Å²) in [5.74, 6) is 2.14. The van der Waals surface area contributed by atoms with Gasteiger partial charge in [-0.05, 0) is 13.3 Å². The Morgan fingerprint density at radius 2 is 2.15 bits per heavy atom. The molecule has 0 unspecified atom stereocenters. The minimum Gasteiger partial charge on any atom is -0.381 e. The molecule has 0 spiro atoms. The van der Waals surface area contributed by atoms with Crippen LogP contribution in [0.15, 0.2) is 18.9 Å². The average Bonchev–Trinajstić information content (AvgIpc) is 3.29. The van der Waals surface area contributed by atoms with Crippen LogP contribution in [-0.2, 0) is 17.7 Å². The molecule has 3 aromatic rings. The van der Waals surface area contributed by atoms with Gasteiger partial charge in [-0.1, -0.05) is 0 Å². The van der Waals surface area contributed by atoms with Gasteiger partial charge in [0.25, 0.3) is 0 Å². The molecule has 1 atom stereocenters. The fourth-order valence-electron chi connectivity index (χ4n) is 3.80. The lowest BCUT2D eigenvalue weighted by Gasteiger charge is -2.29. The zero-order valence-corrected chi connectivity index (χ0v) is 15.3. The van der Waals surface area contributed by atoms with Crippen molar-refractivity contribution in [2.24, 2.45) is 0 Å². The summed E-state index contributed by atoms with van der Waals surface area (Å²) in [5, 5.41) is 4.42. The summed E-state index contributed by atoms with van der Waals surface area (Å²) in [6.07, 6.45) is 7.03. The van der Waals surface area contributed by atoms with Crippen molar-refractivity contribution < 1.29 is 4.74 Å². The van der Waals surface area contributed by atoms with Gasteiger partial charge in [-0.25, -0.2) is 24.5 Å². The largest absolute Gasteiger partial charge is 0.381 e. The Bertz CT molecular complexity index is 938. The van der Waals surface area contributed by atoms with E-state index in [1.165, 1.54) is 0 Å². The molecule has 136 valence electrons. The van der Waals surface area contributed by atoms with Crippen molar-refractivity contribution in [3.8, 4) is 0 Å². The molecule has 1 fully saturated rings. The first-order valence-electron chi connectivity index (χ1n) is 8.62. The van der Waals surface area contributed by atoms with Gasteiger partial charge in [-0.15, -0.1) is 12.4 Å². The van der Waals surface area contributed by atoms with Crippen LogP contribution in [0.25, 0.3) is 5.52 Å². The van der Waals surface area contributed by atoms with Crippen LogP contribution in [-0.4, -0.2) is 49.3 Å². The van der Waals surface area contributed by atoms with Crippen LogP contribution in [0.1, 0.15) is 35.1 Å². The van der Waals surface area contributed by atoms with Crippen LogP contribution in [0.2, 0.25) is 0 Å². The Morgan fingerprint density at radius 1 is 1.23 bits per heavy atom. The first-order chi connectivity index (χ1) is 12.3. The number of aryl methyl sites for hydroxylation is 1. The monoisotopic (exact) mass is 373 g/mol. The standard InChI is InChI=1S/C17H19N7O.ClH/c1-11-22-15(12-3-5-25-8-12)16-17(20-10-21-24(11)16)23-4-2-14-13(7-23)6-18-9-19-14;/h6,9-10,12H,2-5,7-8H2,1H3;1H/t12-;/m0./s1. The van der Waals surface area contributed by atoms with Gasteiger partial charge >= 0.3 is 0 Å². The third-order valence-corrected chi connectivity index (χ3v) is 5.08. The molecule has 0 aromatic carbocycles. The predicted octanol–water partition coefficient (Wildman–Crippen LogP) is 1.71. The minimum absolute atomic E-state index is 0. The molecule has 0 aliphatic carbocycles. The number of fused-ring (bicyclic) bond motifs is 2. The van der Waals surface area contributed by atoms with Gasteiger partial charge in [0.05, 0.1) is 18.0 Å². The number of hydrogen-bond acceptors (Lipinski definition) is 7. The number of ether oxygens (including phenoxy) is 1. The molecule has 9 heteroatoms. The molecule has 0 radical (unpaired) electrons. The van der Waals surface area contributed by atoms with Crippen LogP contribution < -0.4 is 4.90 Å². The molecule has 2 aliphatic heterocycles. The smallest absolute Gasteiger partial charge is 0.158 e. The van der Waals surface area contributed by atoms with Gasteiger partial charge in [-0.2, -0.15) is 5.10 Å². The van der Waals surface area contributed by atoms with Gasteiger partial charge in [0, 0.05) is 43.8 Å². The quantitative estimate of drug-likeness (QED) is 0.676. The maximum atomic E-state index is 5.58. The topological polar surface area (TPSA) is 81.3 Å². The lowest BCUT2D eigenvalue weighted by Crippen LogP contribution is -2.32. The lowest BCUT2D eigenvalue weighted by atomic mass is 10.0. The van der Waals surface area contributed by atoms with Crippen LogP contribution >= 0.6 is 12.4 Å². The second-order valence-electron chi connectivity index (χ2n) is 6.62. The highest BCUT2D eigenvalue weighted by Crippen LogP contribution is 2.33. The fourth-order valence-corrected chi connectivity index (χ4v) is 3.80. The van der Waals surface area contributed by atoms with Crippen molar-refractivity contribution in [2.75, 3.05) is 24.7 Å². The molecule has 8 nitrogen and oxygen atoms in total. The van der Waals surface area contributed by atoms with Crippen molar-refractivity contribution >= 4 is 23.7 Å². The Kier molecular flexibility index (Phi) is 4.46. The van der Waals surface area contributed by atoms with Crippen molar-refractivity contribution in [1.82, 2.24) is 29.5 Å². The van der Waals surface area contributed by atoms with Crippen LogP contribution in [0, 0.1) is 6.92 Å². The molecule has 26 heavy (non-hydrogen) atoms. The maximum absolute atomic E-state index is 5.58. The van der Waals surface area contributed by atoms with E-state index in [9.17, 15) is 0 Å². The van der Waals surface area contributed by atoms with Gasteiger partial charge < -0.3 is 9.64 Å². The number of halogens is 1. The number of aromatic nitrogens is 6. The fraction of sp³-hybridized carbons (Fsp3) is 0.471. The molecular formula is C17H20ClN7O. The third-order valence-electron chi connectivity index (χ3n) is 5.08. The molecule has 0 amide bonds. The van der Waals surface area contributed by atoms with Crippen LogP contribution in [0.4, 0.5) is 5.82 Å². The SMILES string of the molecule is Cc1nc([C@H]2CCOC2)c2c(N3CCc4ncncc4C3)ncnn12.Cl. The van der Waals surface area contributed by atoms with Crippen molar-refractivity contribution in [2.45, 2.75) is 32.2 Å². The zero-order valence-electron chi connectivity index (χ0n) is 14.5. The predicted molar refractivity (Wildman–Crippen MR) is 97.7 cm³/mol. The van der Waals surface area contributed by atoms with Crippen molar-refractivity contribution in [3.63, 3.8) is 0 Å². The summed E-state index contributed by atoms with van der Waals surface area (Å²) in [7, 11) is 0. The summed E-state index contributed by atoms with van der Waals surface area (Å²) < 4.78 is 7.49. The van der Waals surface area contributed by atoms with Gasteiger partial charge in [0.15, 0.2) is 5.82 Å². The first kappa shape index (κ1) is 17.1. The highest BCUT2D eigenvalue weighted by Gasteiger charge is 2.28. The number of nitrogens with zero attached hydrogens (tertiary/aromatic N) is 7. The van der Waals surface area contributed by atoms with E-state index in [2.05, 4.69) is 25.0 Å². The number of hydrogen-bond donors (Lipinski definition) is 0. The third kappa shape index (κ3) is 2.69. The highest BCUT2D eigenvalue weighted by atomic mass is 35.5. The van der Waals surface area contributed by atoms with Gasteiger partial charge in [-0.3, -0.25) is 0 Å². The molecule has 3 aromatic heterocycles. The number of imidazole rings is 1. The second-order valence-corrected chi connectivity index (χ2v) is 6.62. The average molecular weight is 374 g/mol. The molecule has 0 bridgehead atoms. The Balaban J connectivity index is 0.00000168. The summed E-state index contributed by atoms with van der Waals surface area (Å²) in [5.41, 5.74) is 4.36. The second kappa shape index (κ2) is 6.77. The van der Waals surface area contributed by atoms with Crippen LogP contribution in [0.3, 0.4) is 0 Å². The van der Waals surface area contributed by atoms with E-state index in [1.807, 2.05) is 17.6 Å². The molecule has 1 saturated heterocycles. The Morgan fingerprint density at radius 3 is 3.00 bits per heavy atom. The summed E-state index contributed by atoms with van der Waals surface area (Å²) >= 11 is 0. The van der Waals surface area contributed by atoms with E-state index in [0.29, 0.717) is 5.92 Å². The van der Waals surface area contributed by atoms with Gasteiger partial charge in [0.1, 0.15) is 24.0 Å². The number of anilines is 1. The lowest BCUT2D eigenvalue weighted by molar-refractivity contribution is 0.193. The van der Waals surface area contributed by atoms with Crippen molar-refractivity contribution in [1.29, 1.82) is 0 Å². The normalized spacial score (nSPS) is 19.4. The van der Waals surface area contributed by atoms with E-state index in [4.69, 9.17) is 9.72 Å². The summed E-state index contributed by atoms with van der Waals surface area (Å²) in [6.45, 7) is 5.13. The van der Waals surface area contributed by atoms with E-state index in [0.717, 1.165) is 73.3 Å². The molecule has 5 rings (SSSR count). The molecule has 2 aliphatic rings. The molecule has 0 saturated carbocycles. The number of rotatable bonds is 2. The summed E-state index contributed by atoms with van der Waals surface area (Å²) in [4.78, 5) is 20.3. The highest BCUT2D eigenvalue weighted by molar-refractivity contribution is 5.85. The molecule has 5 heterocycles. The van der Waals surface area contributed by atoms with Crippen LogP contribution in [0.5, 0.6) is 0 Å². The Labute approximate surface area is 157 Å². The van der Waals surface area contributed by atoms with Crippen molar-refractivity contribution in [3.05, 3.63) is 41.6 Å².